The molecule has 1 fully saturated rings. The molecule has 0 aromatic heterocycles. The minimum Gasteiger partial charge on any atom is -0.508 e. The molecule has 0 unspecified atom stereocenters. The van der Waals surface area contributed by atoms with Crippen molar-refractivity contribution in [1.29, 1.82) is 0 Å². The van der Waals surface area contributed by atoms with Gasteiger partial charge >= 0.3 is 0 Å². The molecule has 1 aliphatic heterocycles. The van der Waals surface area contributed by atoms with E-state index in [0.29, 0.717) is 12.0 Å². The number of aromatic hydroxyl groups is 1. The zero-order valence-corrected chi connectivity index (χ0v) is 11.5. The first-order valence-corrected chi connectivity index (χ1v) is 6.26. The second kappa shape index (κ2) is 7.65. The monoisotopic (exact) mass is 290 g/mol. The molecule has 1 aliphatic rings. The lowest BCUT2D eigenvalue weighted by Crippen LogP contribution is -2.45. The Morgan fingerprint density at radius 2 is 2.00 bits per heavy atom. The lowest BCUT2D eigenvalue weighted by Gasteiger charge is -2.35. The average molecular weight is 291 g/mol. The van der Waals surface area contributed by atoms with Crippen molar-refractivity contribution < 1.29 is 14.6 Å². The third-order valence-electron chi connectivity index (χ3n) is 3.34. The van der Waals surface area contributed by atoms with E-state index >= 15 is 0 Å². The van der Waals surface area contributed by atoms with Crippen molar-refractivity contribution >= 4 is 12.4 Å². The van der Waals surface area contributed by atoms with Crippen LogP contribution in [-0.4, -0.2) is 47.9 Å². The van der Waals surface area contributed by atoms with Crippen molar-refractivity contribution in [3.8, 4) is 5.75 Å². The first kappa shape index (κ1) is 16.2. The van der Waals surface area contributed by atoms with Crippen LogP contribution in [0, 0.1) is 5.82 Å². The topological polar surface area (TPSA) is 55.7 Å². The minimum absolute atomic E-state index is 0. The number of aliphatic hydroxyl groups is 1. The van der Waals surface area contributed by atoms with Crippen LogP contribution < -0.4 is 5.32 Å². The number of benzene rings is 1. The van der Waals surface area contributed by atoms with Crippen LogP contribution in [0.1, 0.15) is 18.0 Å². The van der Waals surface area contributed by atoms with Gasteiger partial charge in [-0.3, -0.25) is 4.90 Å². The van der Waals surface area contributed by atoms with E-state index in [1.807, 2.05) is 0 Å². The SMILES string of the molecule is Cl.OCC[C@@H](c1ccc(O)cc1F)N1CCNCC1. The van der Waals surface area contributed by atoms with Crippen LogP contribution in [-0.2, 0) is 0 Å². The van der Waals surface area contributed by atoms with Crippen LogP contribution in [0.2, 0.25) is 0 Å². The van der Waals surface area contributed by atoms with E-state index < -0.39 is 5.82 Å². The number of phenolic OH excluding ortho intramolecular Hbond substituents is 1. The highest BCUT2D eigenvalue weighted by atomic mass is 35.5. The predicted octanol–water partition coefficient (Wildman–Crippen LogP) is 1.28. The van der Waals surface area contributed by atoms with Crippen molar-refractivity contribution in [3.63, 3.8) is 0 Å². The number of phenols is 1. The summed E-state index contributed by atoms with van der Waals surface area (Å²) in [5.74, 6) is -0.480. The fraction of sp³-hybridized carbons (Fsp3) is 0.538. The fourth-order valence-corrected chi connectivity index (χ4v) is 2.44. The molecule has 0 saturated carbocycles. The van der Waals surface area contributed by atoms with Gasteiger partial charge in [0.1, 0.15) is 11.6 Å². The summed E-state index contributed by atoms with van der Waals surface area (Å²) in [6.45, 7) is 3.45. The molecule has 108 valence electrons. The quantitative estimate of drug-likeness (QED) is 0.782. The predicted molar refractivity (Wildman–Crippen MR) is 74.2 cm³/mol. The van der Waals surface area contributed by atoms with Crippen molar-refractivity contribution in [2.24, 2.45) is 0 Å². The van der Waals surface area contributed by atoms with E-state index in [2.05, 4.69) is 10.2 Å². The van der Waals surface area contributed by atoms with Gasteiger partial charge < -0.3 is 15.5 Å². The van der Waals surface area contributed by atoms with E-state index in [9.17, 15) is 9.50 Å². The summed E-state index contributed by atoms with van der Waals surface area (Å²) in [5, 5.41) is 21.7. The van der Waals surface area contributed by atoms with Gasteiger partial charge in [0.15, 0.2) is 0 Å². The number of halogens is 2. The van der Waals surface area contributed by atoms with E-state index in [0.717, 1.165) is 32.2 Å². The highest BCUT2D eigenvalue weighted by Gasteiger charge is 2.24. The first-order chi connectivity index (χ1) is 8.72. The van der Waals surface area contributed by atoms with Crippen molar-refractivity contribution in [1.82, 2.24) is 10.2 Å². The Hall–Kier alpha value is -0.880. The molecule has 0 bridgehead atoms. The third-order valence-corrected chi connectivity index (χ3v) is 3.34. The standard InChI is InChI=1S/C13H19FN2O2.ClH/c14-12-9-10(18)1-2-11(12)13(3-8-17)16-6-4-15-5-7-16;/h1-2,9,13,15,17-18H,3-8H2;1H/t13-;/m0./s1. The maximum absolute atomic E-state index is 13.9. The largest absolute Gasteiger partial charge is 0.508 e. The normalized spacial score (nSPS) is 17.8. The Kier molecular flexibility index (Phi) is 6.51. The molecular weight excluding hydrogens is 271 g/mol. The second-order valence-electron chi connectivity index (χ2n) is 4.52. The molecule has 1 atom stereocenters. The minimum atomic E-state index is -0.410. The molecule has 4 nitrogen and oxygen atoms in total. The van der Waals surface area contributed by atoms with Gasteiger partial charge in [-0.15, -0.1) is 12.4 Å². The number of rotatable bonds is 4. The third kappa shape index (κ3) is 4.04. The van der Waals surface area contributed by atoms with Gasteiger partial charge in [0.2, 0.25) is 0 Å². The van der Waals surface area contributed by atoms with E-state index in [1.165, 1.54) is 6.07 Å². The molecule has 1 saturated heterocycles. The number of nitrogens with one attached hydrogen (secondary N) is 1. The van der Waals surface area contributed by atoms with E-state index in [-0.39, 0.29) is 30.8 Å². The molecule has 0 amide bonds. The molecule has 2 rings (SSSR count). The molecule has 3 N–H and O–H groups in total. The maximum atomic E-state index is 13.9. The zero-order chi connectivity index (χ0) is 13.0. The number of aliphatic hydroxyl groups excluding tert-OH is 1. The number of piperazine rings is 1. The Morgan fingerprint density at radius 1 is 1.32 bits per heavy atom. The van der Waals surface area contributed by atoms with Crippen LogP contribution >= 0.6 is 12.4 Å². The van der Waals surface area contributed by atoms with Crippen molar-refractivity contribution in [2.45, 2.75) is 12.5 Å². The van der Waals surface area contributed by atoms with Crippen molar-refractivity contribution in [3.05, 3.63) is 29.6 Å². The highest BCUT2D eigenvalue weighted by molar-refractivity contribution is 5.85. The Labute approximate surface area is 118 Å². The van der Waals surface area contributed by atoms with Crippen molar-refractivity contribution in [2.75, 3.05) is 32.8 Å². The van der Waals surface area contributed by atoms with Gasteiger partial charge in [0, 0.05) is 50.5 Å². The molecule has 6 heteroatoms. The summed E-state index contributed by atoms with van der Waals surface area (Å²) in [6.07, 6.45) is 0.502. The first-order valence-electron chi connectivity index (χ1n) is 6.26. The van der Waals surface area contributed by atoms with Crippen LogP contribution in [0.4, 0.5) is 4.39 Å². The van der Waals surface area contributed by atoms with Gasteiger partial charge in [-0.05, 0) is 12.5 Å². The summed E-state index contributed by atoms with van der Waals surface area (Å²) in [7, 11) is 0. The van der Waals surface area contributed by atoms with Gasteiger partial charge in [-0.2, -0.15) is 0 Å². The Morgan fingerprint density at radius 3 is 2.58 bits per heavy atom. The summed E-state index contributed by atoms with van der Waals surface area (Å²) < 4.78 is 13.9. The van der Waals surface area contributed by atoms with Crippen LogP contribution in [0.25, 0.3) is 0 Å². The van der Waals surface area contributed by atoms with E-state index in [4.69, 9.17) is 5.11 Å². The van der Waals surface area contributed by atoms with Gasteiger partial charge in [-0.25, -0.2) is 4.39 Å². The van der Waals surface area contributed by atoms with Crippen LogP contribution in [0.5, 0.6) is 5.75 Å². The summed E-state index contributed by atoms with van der Waals surface area (Å²) in [6, 6.07) is 4.10. The number of hydrogen-bond donors (Lipinski definition) is 3. The van der Waals surface area contributed by atoms with E-state index in [1.54, 1.807) is 6.07 Å². The molecule has 0 radical (unpaired) electrons. The lowest BCUT2D eigenvalue weighted by molar-refractivity contribution is 0.138. The molecule has 1 heterocycles. The average Bonchev–Trinajstić information content (AvgIpc) is 2.38. The second-order valence-corrected chi connectivity index (χ2v) is 4.52. The van der Waals surface area contributed by atoms with Crippen LogP contribution in [0.3, 0.4) is 0 Å². The molecule has 0 aliphatic carbocycles. The number of hydrogen-bond acceptors (Lipinski definition) is 4. The van der Waals surface area contributed by atoms with Gasteiger partial charge in [0.05, 0.1) is 0 Å². The molecule has 1 aromatic rings. The fourth-order valence-electron chi connectivity index (χ4n) is 2.44. The van der Waals surface area contributed by atoms with Crippen LogP contribution in [0.15, 0.2) is 18.2 Å². The molecule has 0 spiro atoms. The zero-order valence-electron chi connectivity index (χ0n) is 10.7. The lowest BCUT2D eigenvalue weighted by atomic mass is 10.0. The molecule has 19 heavy (non-hydrogen) atoms. The summed E-state index contributed by atoms with van der Waals surface area (Å²) >= 11 is 0. The molecule has 1 aromatic carbocycles. The Bertz CT molecular complexity index is 400. The maximum Gasteiger partial charge on any atom is 0.131 e. The smallest absolute Gasteiger partial charge is 0.131 e. The summed E-state index contributed by atoms with van der Waals surface area (Å²) in [4.78, 5) is 2.17. The Balaban J connectivity index is 0.00000180. The molecular formula is C13H20ClFN2O2. The summed E-state index contributed by atoms with van der Waals surface area (Å²) in [5.41, 5.74) is 0.545. The van der Waals surface area contributed by atoms with Gasteiger partial charge in [-0.1, -0.05) is 6.07 Å². The van der Waals surface area contributed by atoms with Gasteiger partial charge in [0.25, 0.3) is 0 Å². The highest BCUT2D eigenvalue weighted by Crippen LogP contribution is 2.28. The number of nitrogens with zero attached hydrogens (tertiary/aromatic N) is 1.